The van der Waals surface area contributed by atoms with Crippen LogP contribution in [0.5, 0.6) is 0 Å². The lowest BCUT2D eigenvalue weighted by Crippen LogP contribution is -2.04. The monoisotopic (exact) mass is 435 g/mol. The molecule has 0 aliphatic heterocycles. The summed E-state index contributed by atoms with van der Waals surface area (Å²) in [4.78, 5) is 4.55. The highest BCUT2D eigenvalue weighted by Gasteiger charge is 2.29. The second-order valence-corrected chi connectivity index (χ2v) is 8.42. The summed E-state index contributed by atoms with van der Waals surface area (Å²) in [5, 5.41) is 10.0. The van der Waals surface area contributed by atoms with E-state index in [4.69, 9.17) is 0 Å². The van der Waals surface area contributed by atoms with Crippen molar-refractivity contribution in [2.24, 2.45) is 0 Å². The smallest absolute Gasteiger partial charge is 0.238 e. The van der Waals surface area contributed by atoms with Gasteiger partial charge in [-0.25, -0.2) is 9.37 Å². The van der Waals surface area contributed by atoms with Gasteiger partial charge in [0.05, 0.1) is 15.3 Å². The van der Waals surface area contributed by atoms with Crippen LogP contribution in [0.3, 0.4) is 0 Å². The minimum Gasteiger partial charge on any atom is -0.238 e. The molecule has 29 heavy (non-hydrogen) atoms. The van der Waals surface area contributed by atoms with Crippen molar-refractivity contribution >= 4 is 33.3 Å². The van der Waals surface area contributed by atoms with Gasteiger partial charge in [-0.2, -0.15) is 13.2 Å². The van der Waals surface area contributed by atoms with E-state index in [9.17, 15) is 17.6 Å². The molecule has 0 amide bonds. The number of benzene rings is 2. The highest BCUT2D eigenvalue weighted by Crippen LogP contribution is 2.36. The number of fused-ring (bicyclic) bond motifs is 1. The summed E-state index contributed by atoms with van der Waals surface area (Å²) in [5.74, 6) is 0.108. The maximum absolute atomic E-state index is 13.2. The maximum Gasteiger partial charge on any atom is 0.416 e. The molecule has 3 nitrogen and oxygen atoms in total. The van der Waals surface area contributed by atoms with Gasteiger partial charge in [-0.15, -0.1) is 21.5 Å². The summed E-state index contributed by atoms with van der Waals surface area (Å²) < 4.78 is 52.2. The van der Waals surface area contributed by atoms with Gasteiger partial charge in [-0.05, 0) is 48.9 Å². The zero-order valence-corrected chi connectivity index (χ0v) is 16.6. The number of alkyl halides is 3. The third-order valence-corrected chi connectivity index (χ3v) is 6.17. The van der Waals surface area contributed by atoms with Crippen molar-refractivity contribution in [3.05, 3.63) is 70.5 Å². The van der Waals surface area contributed by atoms with Gasteiger partial charge in [-0.1, -0.05) is 23.9 Å². The van der Waals surface area contributed by atoms with Gasteiger partial charge in [0.1, 0.15) is 22.1 Å². The molecule has 0 bridgehead atoms. The van der Waals surface area contributed by atoms with Gasteiger partial charge in [0, 0.05) is 11.3 Å². The SMILES string of the molecule is Cc1nc2c(SCc3ccc(C(F)(F)F)cc3)nnc(-c3ccc(F)cc3)c2s1. The fraction of sp³-hybridized carbons (Fsp3) is 0.150. The van der Waals surface area contributed by atoms with E-state index < -0.39 is 11.7 Å². The third kappa shape index (κ3) is 4.25. The lowest BCUT2D eigenvalue weighted by Gasteiger charge is -2.08. The normalized spacial score (nSPS) is 11.9. The van der Waals surface area contributed by atoms with Crippen LogP contribution < -0.4 is 0 Å². The molecule has 0 spiro atoms. The molecule has 9 heteroatoms. The molecule has 4 aromatic rings. The predicted octanol–water partition coefficient (Wildman–Crippen LogP) is 6.51. The molecule has 4 rings (SSSR count). The van der Waals surface area contributed by atoms with E-state index in [0.29, 0.717) is 22.0 Å². The molecular weight excluding hydrogens is 422 g/mol. The Hall–Kier alpha value is -2.52. The zero-order valence-electron chi connectivity index (χ0n) is 15.0. The van der Waals surface area contributed by atoms with Crippen LogP contribution in [-0.4, -0.2) is 15.2 Å². The van der Waals surface area contributed by atoms with Crippen LogP contribution in [0.25, 0.3) is 21.5 Å². The van der Waals surface area contributed by atoms with Crippen LogP contribution >= 0.6 is 23.1 Å². The topological polar surface area (TPSA) is 38.7 Å². The summed E-state index contributed by atoms with van der Waals surface area (Å²) in [6.07, 6.45) is -4.35. The Balaban J connectivity index is 1.62. The number of aromatic nitrogens is 3. The average molecular weight is 435 g/mol. The fourth-order valence-electron chi connectivity index (χ4n) is 2.76. The van der Waals surface area contributed by atoms with E-state index in [-0.39, 0.29) is 5.82 Å². The Morgan fingerprint density at radius 3 is 2.31 bits per heavy atom. The van der Waals surface area contributed by atoms with Crippen LogP contribution in [-0.2, 0) is 11.9 Å². The molecule has 0 fully saturated rings. The molecule has 0 atom stereocenters. The first-order valence-electron chi connectivity index (χ1n) is 8.50. The molecular formula is C20H13F4N3S2. The quantitative estimate of drug-likeness (QED) is 0.270. The molecule has 0 saturated carbocycles. The Morgan fingerprint density at radius 2 is 1.66 bits per heavy atom. The average Bonchev–Trinajstić information content (AvgIpc) is 3.08. The number of rotatable bonds is 4. The first kappa shape index (κ1) is 19.8. The number of hydrogen-bond acceptors (Lipinski definition) is 5. The number of aryl methyl sites for hydroxylation is 1. The van der Waals surface area contributed by atoms with Crippen molar-refractivity contribution in [1.29, 1.82) is 0 Å². The van der Waals surface area contributed by atoms with E-state index in [0.717, 1.165) is 33.0 Å². The highest BCUT2D eigenvalue weighted by molar-refractivity contribution is 7.98. The Morgan fingerprint density at radius 1 is 0.966 bits per heavy atom. The van der Waals surface area contributed by atoms with E-state index in [1.807, 2.05) is 6.92 Å². The maximum atomic E-state index is 13.2. The summed E-state index contributed by atoms with van der Waals surface area (Å²) in [7, 11) is 0. The van der Waals surface area contributed by atoms with Crippen LogP contribution in [0.2, 0.25) is 0 Å². The number of hydrogen-bond donors (Lipinski definition) is 0. The number of thiazole rings is 1. The second kappa shape index (κ2) is 7.72. The van der Waals surface area contributed by atoms with Crippen LogP contribution in [0, 0.1) is 12.7 Å². The summed E-state index contributed by atoms with van der Waals surface area (Å²) in [6.45, 7) is 1.88. The highest BCUT2D eigenvalue weighted by atomic mass is 32.2. The van der Waals surface area contributed by atoms with Crippen molar-refractivity contribution in [1.82, 2.24) is 15.2 Å². The predicted molar refractivity (Wildman–Crippen MR) is 106 cm³/mol. The standard InChI is InChI=1S/C20H13F4N3S2/c1-11-25-17-18(29-11)16(13-4-8-15(21)9-5-13)26-27-19(17)28-10-12-2-6-14(7-3-12)20(22,23)24/h2-9H,10H2,1H3. The number of halogens is 4. The van der Waals surface area contributed by atoms with E-state index in [1.165, 1.54) is 47.4 Å². The van der Waals surface area contributed by atoms with Crippen molar-refractivity contribution in [2.75, 3.05) is 0 Å². The fourth-order valence-corrected chi connectivity index (χ4v) is 4.63. The Bertz CT molecular complexity index is 1150. The van der Waals surface area contributed by atoms with E-state index >= 15 is 0 Å². The molecule has 2 aromatic heterocycles. The van der Waals surface area contributed by atoms with Crippen molar-refractivity contribution in [3.63, 3.8) is 0 Å². The van der Waals surface area contributed by atoms with Crippen molar-refractivity contribution in [3.8, 4) is 11.3 Å². The molecule has 0 unspecified atom stereocenters. The lowest BCUT2D eigenvalue weighted by molar-refractivity contribution is -0.137. The molecule has 0 saturated heterocycles. The summed E-state index contributed by atoms with van der Waals surface area (Å²) in [6, 6.07) is 11.1. The first-order valence-corrected chi connectivity index (χ1v) is 10.3. The third-order valence-electron chi connectivity index (χ3n) is 4.17. The van der Waals surface area contributed by atoms with Crippen LogP contribution in [0.15, 0.2) is 53.6 Å². The Kier molecular flexibility index (Phi) is 5.26. The van der Waals surface area contributed by atoms with Crippen LogP contribution in [0.1, 0.15) is 16.1 Å². The van der Waals surface area contributed by atoms with Gasteiger partial charge >= 0.3 is 6.18 Å². The summed E-state index contributed by atoms with van der Waals surface area (Å²) >= 11 is 2.84. The summed E-state index contributed by atoms with van der Waals surface area (Å²) in [5.41, 5.74) is 2.13. The molecule has 0 N–H and O–H groups in total. The number of nitrogens with zero attached hydrogens (tertiary/aromatic N) is 3. The van der Waals surface area contributed by atoms with Gasteiger partial charge < -0.3 is 0 Å². The minimum absolute atomic E-state index is 0.331. The van der Waals surface area contributed by atoms with Crippen LogP contribution in [0.4, 0.5) is 17.6 Å². The minimum atomic E-state index is -4.35. The largest absolute Gasteiger partial charge is 0.416 e. The van der Waals surface area contributed by atoms with E-state index in [1.54, 1.807) is 12.1 Å². The number of thioether (sulfide) groups is 1. The molecule has 148 valence electrons. The van der Waals surface area contributed by atoms with Gasteiger partial charge in [-0.3, -0.25) is 0 Å². The molecule has 2 aromatic carbocycles. The molecule has 0 aliphatic carbocycles. The Labute approximate surface area is 171 Å². The van der Waals surface area contributed by atoms with Gasteiger partial charge in [0.2, 0.25) is 0 Å². The molecule has 0 aliphatic rings. The van der Waals surface area contributed by atoms with E-state index in [2.05, 4.69) is 15.2 Å². The molecule has 0 radical (unpaired) electrons. The van der Waals surface area contributed by atoms with Gasteiger partial charge in [0.25, 0.3) is 0 Å². The van der Waals surface area contributed by atoms with Gasteiger partial charge in [0.15, 0.2) is 0 Å². The second-order valence-electron chi connectivity index (χ2n) is 6.25. The molecule has 2 heterocycles. The zero-order chi connectivity index (χ0) is 20.6. The first-order chi connectivity index (χ1) is 13.8. The van der Waals surface area contributed by atoms with Crippen molar-refractivity contribution in [2.45, 2.75) is 23.9 Å². The van der Waals surface area contributed by atoms with Crippen molar-refractivity contribution < 1.29 is 17.6 Å². The lowest BCUT2D eigenvalue weighted by atomic mass is 10.1.